The lowest BCUT2D eigenvalue weighted by atomic mass is 9.94. The topological polar surface area (TPSA) is 69.6 Å². The number of ketones is 1. The first-order valence-corrected chi connectivity index (χ1v) is 4.97. The molecule has 2 aliphatic rings. The molecule has 2 unspecified atom stereocenters. The maximum atomic E-state index is 11.8. The molecule has 0 saturated carbocycles. The molecule has 1 amide bonds. The van der Waals surface area contributed by atoms with Gasteiger partial charge in [-0.1, -0.05) is 0 Å². The van der Waals surface area contributed by atoms with Crippen molar-refractivity contribution in [2.24, 2.45) is 0 Å². The number of nitrogens with one attached hydrogen (secondary N) is 1. The largest absolute Gasteiger partial charge is 0.465 e. The predicted molar refractivity (Wildman–Crippen MR) is 49.2 cm³/mol. The second kappa shape index (κ2) is 3.57. The van der Waals surface area contributed by atoms with Gasteiger partial charge in [0.25, 0.3) is 0 Å². The zero-order valence-electron chi connectivity index (χ0n) is 7.90. The molecule has 0 aliphatic carbocycles. The van der Waals surface area contributed by atoms with Gasteiger partial charge < -0.3 is 10.4 Å². The lowest BCUT2D eigenvalue weighted by Crippen LogP contribution is -2.58. The third-order valence-electron chi connectivity index (χ3n) is 3.00. The van der Waals surface area contributed by atoms with Crippen molar-refractivity contribution >= 4 is 11.9 Å². The zero-order valence-corrected chi connectivity index (χ0v) is 7.90. The van der Waals surface area contributed by atoms with Crippen molar-refractivity contribution in [2.45, 2.75) is 31.3 Å². The van der Waals surface area contributed by atoms with Crippen molar-refractivity contribution in [2.75, 3.05) is 13.1 Å². The third kappa shape index (κ3) is 1.48. The number of carbonyl (C=O) groups excluding carboxylic acids is 1. The van der Waals surface area contributed by atoms with Gasteiger partial charge in [0.15, 0.2) is 5.78 Å². The lowest BCUT2D eigenvalue weighted by molar-refractivity contribution is -0.129. The van der Waals surface area contributed by atoms with E-state index in [4.69, 9.17) is 5.11 Å². The van der Waals surface area contributed by atoms with Crippen LogP contribution in [0.25, 0.3) is 0 Å². The minimum absolute atomic E-state index is 0.0520. The van der Waals surface area contributed by atoms with Crippen LogP contribution in [0, 0.1) is 0 Å². The normalized spacial score (nSPS) is 31.3. The van der Waals surface area contributed by atoms with Crippen LogP contribution in [0.4, 0.5) is 4.79 Å². The summed E-state index contributed by atoms with van der Waals surface area (Å²) in [6, 6.07) is -0.495. The Morgan fingerprint density at radius 2 is 2.14 bits per heavy atom. The van der Waals surface area contributed by atoms with E-state index in [9.17, 15) is 9.59 Å². The van der Waals surface area contributed by atoms with Gasteiger partial charge in [-0.05, 0) is 25.8 Å². The summed E-state index contributed by atoms with van der Waals surface area (Å²) in [5, 5.41) is 11.8. The summed E-state index contributed by atoms with van der Waals surface area (Å²) in [6.45, 7) is 1.37. The summed E-state index contributed by atoms with van der Waals surface area (Å²) in [4.78, 5) is 23.7. The summed E-state index contributed by atoms with van der Waals surface area (Å²) in [5.41, 5.74) is 0. The molecule has 5 heteroatoms. The van der Waals surface area contributed by atoms with Gasteiger partial charge in [-0.3, -0.25) is 9.69 Å². The first-order chi connectivity index (χ1) is 6.70. The monoisotopic (exact) mass is 198 g/mol. The van der Waals surface area contributed by atoms with Crippen LogP contribution in [0.15, 0.2) is 0 Å². The van der Waals surface area contributed by atoms with Gasteiger partial charge in [0.1, 0.15) is 0 Å². The highest BCUT2D eigenvalue weighted by molar-refractivity contribution is 5.92. The molecule has 2 fully saturated rings. The van der Waals surface area contributed by atoms with Crippen molar-refractivity contribution in [3.8, 4) is 0 Å². The molecule has 0 radical (unpaired) electrons. The van der Waals surface area contributed by atoms with Crippen molar-refractivity contribution in [3.63, 3.8) is 0 Å². The molecule has 14 heavy (non-hydrogen) atoms. The highest BCUT2D eigenvalue weighted by Gasteiger charge is 2.40. The molecular weight excluding hydrogens is 184 g/mol. The van der Waals surface area contributed by atoms with Crippen LogP contribution in [0.5, 0.6) is 0 Å². The van der Waals surface area contributed by atoms with E-state index >= 15 is 0 Å². The van der Waals surface area contributed by atoms with Crippen LogP contribution in [0.1, 0.15) is 19.3 Å². The fraction of sp³-hybridized carbons (Fsp3) is 0.778. The van der Waals surface area contributed by atoms with Crippen LogP contribution in [0.3, 0.4) is 0 Å². The Morgan fingerprint density at radius 1 is 1.36 bits per heavy atom. The molecule has 5 nitrogen and oxygen atoms in total. The number of amides is 1. The quantitative estimate of drug-likeness (QED) is 0.658. The van der Waals surface area contributed by atoms with E-state index in [0.717, 1.165) is 19.4 Å². The Bertz CT molecular complexity index is 261. The molecule has 2 heterocycles. The standard InChI is InChI=1S/C9H14N2O3/c12-8(6-2-1-4-10-6)7-3-5-11(7)9(13)14/h6-7,10H,1-5H2,(H,13,14). The van der Waals surface area contributed by atoms with Gasteiger partial charge in [0, 0.05) is 6.54 Å². The molecule has 0 aromatic rings. The van der Waals surface area contributed by atoms with Gasteiger partial charge in [-0.25, -0.2) is 4.79 Å². The van der Waals surface area contributed by atoms with E-state index in [2.05, 4.69) is 5.32 Å². The summed E-state index contributed by atoms with van der Waals surface area (Å²) < 4.78 is 0. The van der Waals surface area contributed by atoms with E-state index in [1.54, 1.807) is 0 Å². The average Bonchev–Trinajstić information content (AvgIpc) is 2.51. The molecule has 0 aromatic heterocycles. The number of nitrogens with zero attached hydrogens (tertiary/aromatic N) is 1. The molecule has 2 saturated heterocycles. The number of Topliss-reactive ketones (excluding diaryl/α,β-unsaturated/α-hetero) is 1. The number of hydrogen-bond donors (Lipinski definition) is 2. The summed E-state index contributed by atoms with van der Waals surface area (Å²) in [5.74, 6) is 0.0520. The van der Waals surface area contributed by atoms with E-state index in [1.807, 2.05) is 0 Å². The number of hydrogen-bond acceptors (Lipinski definition) is 3. The van der Waals surface area contributed by atoms with E-state index in [0.29, 0.717) is 13.0 Å². The third-order valence-corrected chi connectivity index (χ3v) is 3.00. The number of rotatable bonds is 2. The molecular formula is C9H14N2O3. The van der Waals surface area contributed by atoms with Crippen LogP contribution in [-0.4, -0.2) is 47.1 Å². The number of carbonyl (C=O) groups is 2. The van der Waals surface area contributed by atoms with Crippen molar-refractivity contribution in [1.29, 1.82) is 0 Å². The Labute approximate surface area is 82.1 Å². The maximum Gasteiger partial charge on any atom is 0.407 e. The summed E-state index contributed by atoms with van der Waals surface area (Å²) in [7, 11) is 0. The smallest absolute Gasteiger partial charge is 0.407 e. The second-order valence-electron chi connectivity index (χ2n) is 3.83. The van der Waals surface area contributed by atoms with Crippen molar-refractivity contribution in [3.05, 3.63) is 0 Å². The Morgan fingerprint density at radius 3 is 2.57 bits per heavy atom. The zero-order chi connectivity index (χ0) is 10.1. The molecule has 2 rings (SSSR count). The van der Waals surface area contributed by atoms with Crippen molar-refractivity contribution < 1.29 is 14.7 Å². The van der Waals surface area contributed by atoms with Crippen LogP contribution in [0.2, 0.25) is 0 Å². The fourth-order valence-electron chi connectivity index (χ4n) is 2.07. The van der Waals surface area contributed by atoms with Crippen molar-refractivity contribution in [1.82, 2.24) is 10.2 Å². The van der Waals surface area contributed by atoms with Gasteiger partial charge in [0.05, 0.1) is 12.1 Å². The van der Waals surface area contributed by atoms with Gasteiger partial charge in [-0.15, -0.1) is 0 Å². The highest BCUT2D eigenvalue weighted by Crippen LogP contribution is 2.21. The van der Waals surface area contributed by atoms with Crippen LogP contribution < -0.4 is 5.32 Å². The first kappa shape index (κ1) is 9.45. The molecule has 2 atom stereocenters. The van der Waals surface area contributed by atoms with Crippen LogP contribution in [-0.2, 0) is 4.79 Å². The number of carboxylic acid groups (broad SMARTS) is 1. The minimum atomic E-state index is -0.979. The first-order valence-electron chi connectivity index (χ1n) is 4.97. The number of likely N-dealkylation sites (tertiary alicyclic amines) is 1. The Balaban J connectivity index is 1.94. The molecule has 2 N–H and O–H groups in total. The predicted octanol–water partition coefficient (Wildman–Crippen LogP) is 0.0598. The highest BCUT2D eigenvalue weighted by atomic mass is 16.4. The molecule has 0 aromatic carbocycles. The van der Waals surface area contributed by atoms with Gasteiger partial charge in [-0.2, -0.15) is 0 Å². The lowest BCUT2D eigenvalue weighted by Gasteiger charge is -2.38. The van der Waals surface area contributed by atoms with E-state index in [-0.39, 0.29) is 17.9 Å². The summed E-state index contributed by atoms with van der Waals surface area (Å²) in [6.07, 6.45) is 1.56. The average molecular weight is 198 g/mol. The minimum Gasteiger partial charge on any atom is -0.465 e. The Kier molecular flexibility index (Phi) is 2.41. The summed E-state index contributed by atoms with van der Waals surface area (Å²) >= 11 is 0. The Hall–Kier alpha value is -1.10. The maximum absolute atomic E-state index is 11.8. The van der Waals surface area contributed by atoms with Gasteiger partial charge in [0.2, 0.25) is 0 Å². The van der Waals surface area contributed by atoms with E-state index in [1.165, 1.54) is 4.90 Å². The molecule has 2 aliphatic heterocycles. The molecule has 0 bridgehead atoms. The molecule has 78 valence electrons. The SMILES string of the molecule is O=C(C1CCCN1)C1CCN1C(=O)O. The fourth-order valence-corrected chi connectivity index (χ4v) is 2.07. The van der Waals surface area contributed by atoms with Gasteiger partial charge >= 0.3 is 6.09 Å². The van der Waals surface area contributed by atoms with Crippen LogP contribution >= 0.6 is 0 Å². The van der Waals surface area contributed by atoms with E-state index < -0.39 is 6.09 Å². The second-order valence-corrected chi connectivity index (χ2v) is 3.83. The molecule has 0 spiro atoms.